The van der Waals surface area contributed by atoms with E-state index in [0.29, 0.717) is 15.9 Å². The molecule has 0 fully saturated rings. The van der Waals surface area contributed by atoms with Crippen LogP contribution in [0.4, 0.5) is 5.69 Å². The molecule has 0 aromatic carbocycles. The van der Waals surface area contributed by atoms with Gasteiger partial charge in [0, 0.05) is 11.8 Å². The lowest BCUT2D eigenvalue weighted by atomic mass is 10.2. The fourth-order valence-corrected chi connectivity index (χ4v) is 1.44. The summed E-state index contributed by atoms with van der Waals surface area (Å²) in [5.41, 5.74) is 1.05. The lowest BCUT2D eigenvalue weighted by Crippen LogP contribution is -2.14. The zero-order valence-electron chi connectivity index (χ0n) is 7.13. The number of amides is 1. The average molecular weight is 280 g/mol. The standard InChI is InChI=1S/C8H8BrClN2O2/c9-8-5(4-13)6(1-2-11-8)12-7(14)3-10/h1-2,13H,3-4H2,(H,11,12,14). The molecule has 0 radical (unpaired) electrons. The van der Waals surface area contributed by atoms with Crippen LogP contribution in [0.2, 0.25) is 0 Å². The Balaban J connectivity index is 2.96. The fourth-order valence-electron chi connectivity index (χ4n) is 0.918. The maximum atomic E-state index is 11.0. The van der Waals surface area contributed by atoms with E-state index >= 15 is 0 Å². The van der Waals surface area contributed by atoms with Crippen LogP contribution in [0.25, 0.3) is 0 Å². The molecule has 1 heterocycles. The van der Waals surface area contributed by atoms with E-state index < -0.39 is 0 Å². The molecule has 6 heteroatoms. The molecule has 0 atom stereocenters. The van der Waals surface area contributed by atoms with Crippen molar-refractivity contribution in [1.82, 2.24) is 4.98 Å². The van der Waals surface area contributed by atoms with Gasteiger partial charge in [0.15, 0.2) is 0 Å². The van der Waals surface area contributed by atoms with Crippen LogP contribution < -0.4 is 5.32 Å². The number of aliphatic hydroxyl groups is 1. The molecule has 0 spiro atoms. The molecule has 1 aromatic heterocycles. The number of halogens is 2. The molecule has 0 aliphatic carbocycles. The topological polar surface area (TPSA) is 62.2 Å². The number of hydrogen-bond donors (Lipinski definition) is 2. The highest BCUT2D eigenvalue weighted by molar-refractivity contribution is 9.10. The predicted molar refractivity (Wildman–Crippen MR) is 57.2 cm³/mol. The van der Waals surface area contributed by atoms with Gasteiger partial charge in [-0.2, -0.15) is 0 Å². The van der Waals surface area contributed by atoms with E-state index in [9.17, 15) is 4.79 Å². The van der Waals surface area contributed by atoms with Crippen molar-refractivity contribution in [2.24, 2.45) is 0 Å². The quantitative estimate of drug-likeness (QED) is 0.651. The van der Waals surface area contributed by atoms with Crippen molar-refractivity contribution in [2.45, 2.75) is 6.61 Å². The van der Waals surface area contributed by atoms with Gasteiger partial charge < -0.3 is 10.4 Å². The maximum absolute atomic E-state index is 11.0. The van der Waals surface area contributed by atoms with Gasteiger partial charge >= 0.3 is 0 Å². The number of alkyl halides is 1. The van der Waals surface area contributed by atoms with Crippen LogP contribution in [0.5, 0.6) is 0 Å². The Bertz CT molecular complexity index is 346. The van der Waals surface area contributed by atoms with Crippen molar-refractivity contribution < 1.29 is 9.90 Å². The van der Waals surface area contributed by atoms with E-state index in [1.165, 1.54) is 6.20 Å². The fraction of sp³-hybridized carbons (Fsp3) is 0.250. The molecule has 76 valence electrons. The Kier molecular flexibility index (Phi) is 4.31. The molecule has 14 heavy (non-hydrogen) atoms. The first-order chi connectivity index (χ1) is 6.69. The van der Waals surface area contributed by atoms with E-state index in [4.69, 9.17) is 16.7 Å². The van der Waals surface area contributed by atoms with Gasteiger partial charge in [-0.3, -0.25) is 4.79 Å². The average Bonchev–Trinajstić information content (AvgIpc) is 2.18. The molecule has 1 amide bonds. The number of aromatic nitrogens is 1. The molecule has 0 aliphatic heterocycles. The molecule has 2 N–H and O–H groups in total. The van der Waals surface area contributed by atoms with Gasteiger partial charge in [-0.05, 0) is 22.0 Å². The molecule has 0 aliphatic rings. The summed E-state index contributed by atoms with van der Waals surface area (Å²) in [5.74, 6) is -0.440. The van der Waals surface area contributed by atoms with Gasteiger partial charge in [-0.15, -0.1) is 11.6 Å². The van der Waals surface area contributed by atoms with Crippen molar-refractivity contribution in [1.29, 1.82) is 0 Å². The molecular weight excluding hydrogens is 271 g/mol. The highest BCUT2D eigenvalue weighted by Crippen LogP contribution is 2.22. The van der Waals surface area contributed by atoms with Gasteiger partial charge in [-0.1, -0.05) is 0 Å². The number of hydrogen-bond acceptors (Lipinski definition) is 3. The normalized spacial score (nSPS) is 9.93. The molecule has 0 bridgehead atoms. The maximum Gasteiger partial charge on any atom is 0.239 e. The zero-order valence-corrected chi connectivity index (χ0v) is 9.47. The zero-order chi connectivity index (χ0) is 10.6. The minimum absolute atomic E-state index is 0.120. The molecule has 1 aromatic rings. The van der Waals surface area contributed by atoms with Gasteiger partial charge in [0.05, 0.1) is 12.3 Å². The van der Waals surface area contributed by atoms with Gasteiger partial charge in [-0.25, -0.2) is 4.98 Å². The number of nitrogens with one attached hydrogen (secondary N) is 1. The highest BCUT2D eigenvalue weighted by atomic mass is 79.9. The Labute approximate surface area is 94.4 Å². The highest BCUT2D eigenvalue weighted by Gasteiger charge is 2.08. The number of pyridine rings is 1. The summed E-state index contributed by atoms with van der Waals surface area (Å²) in [6, 6.07) is 1.60. The third kappa shape index (κ3) is 2.67. The minimum Gasteiger partial charge on any atom is -0.391 e. The first kappa shape index (κ1) is 11.4. The number of rotatable bonds is 3. The number of carbonyl (C=O) groups is 1. The molecule has 1 rings (SSSR count). The van der Waals surface area contributed by atoms with E-state index in [-0.39, 0.29) is 18.4 Å². The molecular formula is C8H8BrClN2O2. The Morgan fingerprint density at radius 3 is 3.00 bits per heavy atom. The SMILES string of the molecule is O=C(CCl)Nc1ccnc(Br)c1CO. The third-order valence-electron chi connectivity index (χ3n) is 1.56. The summed E-state index contributed by atoms with van der Waals surface area (Å²) in [5, 5.41) is 11.6. The Morgan fingerprint density at radius 1 is 1.71 bits per heavy atom. The third-order valence-corrected chi connectivity index (χ3v) is 2.48. The minimum atomic E-state index is -0.320. The lowest BCUT2D eigenvalue weighted by Gasteiger charge is -2.08. The predicted octanol–water partition coefficient (Wildman–Crippen LogP) is 1.51. The van der Waals surface area contributed by atoms with Crippen molar-refractivity contribution in [3.63, 3.8) is 0 Å². The van der Waals surface area contributed by atoms with Crippen molar-refractivity contribution in [2.75, 3.05) is 11.2 Å². The molecule has 0 unspecified atom stereocenters. The van der Waals surface area contributed by atoms with Crippen molar-refractivity contribution >= 4 is 39.1 Å². The van der Waals surface area contributed by atoms with Gasteiger partial charge in [0.1, 0.15) is 10.5 Å². The lowest BCUT2D eigenvalue weighted by molar-refractivity contribution is -0.113. The summed E-state index contributed by atoms with van der Waals surface area (Å²) in [7, 11) is 0. The second kappa shape index (κ2) is 5.29. The summed E-state index contributed by atoms with van der Waals surface area (Å²) in [6.07, 6.45) is 1.52. The number of nitrogens with zero attached hydrogens (tertiary/aromatic N) is 1. The molecule has 0 saturated heterocycles. The van der Waals surface area contributed by atoms with E-state index in [1.807, 2.05) is 0 Å². The molecule has 0 saturated carbocycles. The largest absolute Gasteiger partial charge is 0.391 e. The van der Waals surface area contributed by atoms with Crippen LogP contribution >= 0.6 is 27.5 Å². The summed E-state index contributed by atoms with van der Waals surface area (Å²) in [6.45, 7) is -0.202. The van der Waals surface area contributed by atoms with Gasteiger partial charge in [0.25, 0.3) is 0 Å². The van der Waals surface area contributed by atoms with Crippen LogP contribution in [0.1, 0.15) is 5.56 Å². The van der Waals surface area contributed by atoms with Crippen molar-refractivity contribution in [3.8, 4) is 0 Å². The van der Waals surface area contributed by atoms with Crippen LogP contribution in [0, 0.1) is 0 Å². The van der Waals surface area contributed by atoms with Crippen LogP contribution in [-0.2, 0) is 11.4 Å². The summed E-state index contributed by atoms with van der Waals surface area (Å²) in [4.78, 5) is 14.9. The van der Waals surface area contributed by atoms with Crippen LogP contribution in [0.15, 0.2) is 16.9 Å². The number of anilines is 1. The first-order valence-electron chi connectivity index (χ1n) is 3.79. The first-order valence-corrected chi connectivity index (χ1v) is 5.12. The van der Waals surface area contributed by atoms with E-state index in [2.05, 4.69) is 26.2 Å². The second-order valence-corrected chi connectivity index (χ2v) is 3.49. The summed E-state index contributed by atoms with van der Waals surface area (Å²) >= 11 is 8.50. The Hall–Kier alpha value is -0.650. The molecule has 4 nitrogen and oxygen atoms in total. The van der Waals surface area contributed by atoms with Gasteiger partial charge in [0.2, 0.25) is 5.91 Å². The van der Waals surface area contributed by atoms with Crippen molar-refractivity contribution in [3.05, 3.63) is 22.4 Å². The van der Waals surface area contributed by atoms with E-state index in [1.54, 1.807) is 6.07 Å². The number of carbonyl (C=O) groups excluding carboxylic acids is 1. The number of aliphatic hydroxyl groups excluding tert-OH is 1. The van der Waals surface area contributed by atoms with Crippen LogP contribution in [-0.4, -0.2) is 21.9 Å². The monoisotopic (exact) mass is 278 g/mol. The second-order valence-electron chi connectivity index (χ2n) is 2.47. The summed E-state index contributed by atoms with van der Waals surface area (Å²) < 4.78 is 0.507. The van der Waals surface area contributed by atoms with E-state index in [0.717, 1.165) is 0 Å². The van der Waals surface area contributed by atoms with Crippen LogP contribution in [0.3, 0.4) is 0 Å². The smallest absolute Gasteiger partial charge is 0.239 e. The Morgan fingerprint density at radius 2 is 2.43 bits per heavy atom.